The number of carbonyl (C=O) groups is 3. The third-order valence-corrected chi connectivity index (χ3v) is 4.89. The molecular formula is C18H23N2O6S-. The molecule has 0 aliphatic carbocycles. The summed E-state index contributed by atoms with van der Waals surface area (Å²) in [7, 11) is 0. The van der Waals surface area contributed by atoms with Gasteiger partial charge in [0, 0.05) is 13.0 Å². The lowest BCUT2D eigenvalue weighted by atomic mass is 10.1. The molecule has 1 saturated heterocycles. The van der Waals surface area contributed by atoms with Crippen molar-refractivity contribution >= 4 is 29.7 Å². The highest BCUT2D eigenvalue weighted by Crippen LogP contribution is 2.20. The minimum Gasteiger partial charge on any atom is -0.548 e. The molecule has 1 aromatic rings. The van der Waals surface area contributed by atoms with Crippen LogP contribution >= 0.6 is 11.8 Å². The van der Waals surface area contributed by atoms with E-state index in [-0.39, 0.29) is 19.6 Å². The van der Waals surface area contributed by atoms with Crippen LogP contribution in [0.15, 0.2) is 30.3 Å². The monoisotopic (exact) mass is 395 g/mol. The van der Waals surface area contributed by atoms with E-state index < -0.39 is 36.2 Å². The van der Waals surface area contributed by atoms with Gasteiger partial charge in [0.2, 0.25) is 5.91 Å². The molecule has 1 fully saturated rings. The Hall–Kier alpha value is -2.26. The Labute approximate surface area is 161 Å². The lowest BCUT2D eigenvalue weighted by Crippen LogP contribution is -2.54. The van der Waals surface area contributed by atoms with E-state index >= 15 is 0 Å². The number of benzene rings is 1. The van der Waals surface area contributed by atoms with Gasteiger partial charge < -0.3 is 30.0 Å². The number of likely N-dealkylation sites (tertiary alicyclic amines) is 1. The van der Waals surface area contributed by atoms with Crippen LogP contribution in [0, 0.1) is 0 Å². The second-order valence-electron chi connectivity index (χ2n) is 6.26. The van der Waals surface area contributed by atoms with Crippen LogP contribution in [-0.4, -0.2) is 64.7 Å². The molecule has 27 heavy (non-hydrogen) atoms. The number of thioether (sulfide) groups is 1. The standard InChI is InChI=1S/C18H24N2O6S/c1-27-8-7-14(16(22)20-10-13(21)9-15(20)17(23)24)19-18(25)26-11-12-5-3-2-4-6-12/h2-6,13-15,21H,7-11H2,1H3,(H,19,25)(H,23,24)/p-1/t13-,14+,15+/m1/s1. The molecule has 0 aromatic heterocycles. The van der Waals surface area contributed by atoms with Gasteiger partial charge in [-0.3, -0.25) is 4.79 Å². The fourth-order valence-corrected chi connectivity index (χ4v) is 3.35. The molecule has 0 spiro atoms. The van der Waals surface area contributed by atoms with Crippen LogP contribution in [0.3, 0.4) is 0 Å². The molecule has 8 nitrogen and oxygen atoms in total. The first kappa shape index (κ1) is 21.0. The van der Waals surface area contributed by atoms with E-state index in [2.05, 4.69) is 5.32 Å². The summed E-state index contributed by atoms with van der Waals surface area (Å²) in [6, 6.07) is 6.96. The van der Waals surface area contributed by atoms with Crippen LogP contribution in [0.5, 0.6) is 0 Å². The Morgan fingerprint density at radius 1 is 1.37 bits per heavy atom. The zero-order valence-corrected chi connectivity index (χ0v) is 15.8. The molecule has 1 aliphatic rings. The molecule has 9 heteroatoms. The number of carbonyl (C=O) groups excluding carboxylic acids is 3. The van der Waals surface area contributed by atoms with Crippen molar-refractivity contribution in [1.29, 1.82) is 0 Å². The van der Waals surface area contributed by atoms with Gasteiger partial charge in [-0.05, 0) is 24.0 Å². The van der Waals surface area contributed by atoms with Gasteiger partial charge in [-0.2, -0.15) is 11.8 Å². The minimum atomic E-state index is -1.42. The van der Waals surface area contributed by atoms with Gasteiger partial charge in [-0.15, -0.1) is 0 Å². The SMILES string of the molecule is CSCC[C@H](NC(=O)OCc1ccccc1)C(=O)N1C[C@H](O)C[C@H]1C(=O)[O-]. The third-order valence-electron chi connectivity index (χ3n) is 4.25. The average Bonchev–Trinajstić information content (AvgIpc) is 3.06. The number of hydrogen-bond acceptors (Lipinski definition) is 7. The van der Waals surface area contributed by atoms with E-state index in [1.807, 2.05) is 24.5 Å². The summed E-state index contributed by atoms with van der Waals surface area (Å²) < 4.78 is 5.14. The molecule has 1 aromatic carbocycles. The number of carboxylic acids is 1. The first-order chi connectivity index (χ1) is 12.9. The number of ether oxygens (including phenoxy) is 1. The fraction of sp³-hybridized carbons (Fsp3) is 0.500. The Bertz CT molecular complexity index is 657. The molecule has 3 atom stereocenters. The topological polar surface area (TPSA) is 119 Å². The highest BCUT2D eigenvalue weighted by molar-refractivity contribution is 7.98. The molecule has 1 aliphatic heterocycles. The highest BCUT2D eigenvalue weighted by Gasteiger charge is 2.38. The zero-order valence-electron chi connectivity index (χ0n) is 15.0. The van der Waals surface area contributed by atoms with E-state index in [4.69, 9.17) is 4.74 Å². The number of amides is 2. The van der Waals surface area contributed by atoms with Crippen molar-refractivity contribution in [2.24, 2.45) is 0 Å². The van der Waals surface area contributed by atoms with Crippen molar-refractivity contribution in [3.63, 3.8) is 0 Å². The maximum Gasteiger partial charge on any atom is 0.408 e. The fourth-order valence-electron chi connectivity index (χ4n) is 2.88. The van der Waals surface area contributed by atoms with Gasteiger partial charge in [-0.1, -0.05) is 30.3 Å². The molecule has 0 unspecified atom stereocenters. The second-order valence-corrected chi connectivity index (χ2v) is 7.24. The van der Waals surface area contributed by atoms with Crippen molar-refractivity contribution in [2.45, 2.75) is 37.6 Å². The van der Waals surface area contributed by atoms with Gasteiger partial charge in [0.05, 0.1) is 18.1 Å². The van der Waals surface area contributed by atoms with E-state index in [1.54, 1.807) is 12.1 Å². The van der Waals surface area contributed by atoms with Crippen LogP contribution in [0.25, 0.3) is 0 Å². The Balaban J connectivity index is 1.99. The largest absolute Gasteiger partial charge is 0.548 e. The van der Waals surface area contributed by atoms with Gasteiger partial charge in [0.25, 0.3) is 0 Å². The summed E-state index contributed by atoms with van der Waals surface area (Å²) in [5, 5.41) is 23.5. The molecule has 0 saturated carbocycles. The summed E-state index contributed by atoms with van der Waals surface area (Å²) in [4.78, 5) is 37.2. The lowest BCUT2D eigenvalue weighted by Gasteiger charge is -2.29. The number of nitrogens with one attached hydrogen (secondary N) is 1. The Kier molecular flexibility index (Phi) is 7.93. The normalized spacial score (nSPS) is 20.1. The zero-order chi connectivity index (χ0) is 19.8. The molecule has 0 radical (unpaired) electrons. The second kappa shape index (κ2) is 10.2. The van der Waals surface area contributed by atoms with Crippen molar-refractivity contribution in [3.05, 3.63) is 35.9 Å². The Morgan fingerprint density at radius 3 is 2.70 bits per heavy atom. The number of alkyl carbamates (subject to hydrolysis) is 1. The number of aliphatic carboxylic acids is 1. The van der Waals surface area contributed by atoms with Crippen molar-refractivity contribution in [1.82, 2.24) is 10.2 Å². The number of rotatable bonds is 8. The van der Waals surface area contributed by atoms with Crippen LogP contribution < -0.4 is 10.4 Å². The summed E-state index contributed by atoms with van der Waals surface area (Å²) >= 11 is 1.49. The minimum absolute atomic E-state index is 0.0558. The van der Waals surface area contributed by atoms with Crippen molar-refractivity contribution < 1.29 is 29.3 Å². The summed E-state index contributed by atoms with van der Waals surface area (Å²) in [5.74, 6) is -1.40. The highest BCUT2D eigenvalue weighted by atomic mass is 32.2. The molecule has 2 amide bonds. The van der Waals surface area contributed by atoms with Crippen LogP contribution in [0.2, 0.25) is 0 Å². The smallest absolute Gasteiger partial charge is 0.408 e. The first-order valence-electron chi connectivity index (χ1n) is 8.58. The molecule has 1 heterocycles. The third kappa shape index (κ3) is 6.14. The Morgan fingerprint density at radius 2 is 2.07 bits per heavy atom. The van der Waals surface area contributed by atoms with Crippen molar-refractivity contribution in [2.75, 3.05) is 18.6 Å². The lowest BCUT2D eigenvalue weighted by molar-refractivity contribution is -0.310. The van der Waals surface area contributed by atoms with Crippen LogP contribution in [-0.2, 0) is 20.9 Å². The van der Waals surface area contributed by atoms with E-state index in [0.717, 1.165) is 10.5 Å². The van der Waals surface area contributed by atoms with E-state index in [0.29, 0.717) is 12.2 Å². The number of hydrogen-bond donors (Lipinski definition) is 2. The van der Waals surface area contributed by atoms with E-state index in [9.17, 15) is 24.6 Å². The quantitative estimate of drug-likeness (QED) is 0.623. The summed E-state index contributed by atoms with van der Waals surface area (Å²) in [6.07, 6.45) is 0.402. The van der Waals surface area contributed by atoms with Gasteiger partial charge >= 0.3 is 6.09 Å². The predicted octanol–water partition coefficient (Wildman–Crippen LogP) is -0.254. The number of nitrogens with zero attached hydrogens (tertiary/aromatic N) is 1. The van der Waals surface area contributed by atoms with E-state index in [1.165, 1.54) is 11.8 Å². The predicted molar refractivity (Wildman–Crippen MR) is 97.7 cm³/mol. The van der Waals surface area contributed by atoms with Gasteiger partial charge in [0.15, 0.2) is 0 Å². The molecule has 0 bridgehead atoms. The maximum absolute atomic E-state index is 12.8. The summed E-state index contributed by atoms with van der Waals surface area (Å²) in [5.41, 5.74) is 0.805. The van der Waals surface area contributed by atoms with Crippen LogP contribution in [0.1, 0.15) is 18.4 Å². The maximum atomic E-state index is 12.8. The summed E-state index contributed by atoms with van der Waals surface area (Å²) in [6.45, 7) is -0.0474. The van der Waals surface area contributed by atoms with Gasteiger partial charge in [-0.25, -0.2) is 4.79 Å². The first-order valence-corrected chi connectivity index (χ1v) is 9.97. The number of carboxylic acid groups (broad SMARTS) is 1. The number of aliphatic hydroxyl groups excluding tert-OH is 1. The number of aliphatic hydroxyl groups is 1. The number of β-amino-alcohol motifs (C(OH)–C–C–N with tert-alkyl or cyclic N) is 1. The van der Waals surface area contributed by atoms with Crippen LogP contribution in [0.4, 0.5) is 4.79 Å². The molecule has 2 rings (SSSR count). The van der Waals surface area contributed by atoms with Crippen molar-refractivity contribution in [3.8, 4) is 0 Å². The van der Waals surface area contributed by atoms with Gasteiger partial charge in [0.1, 0.15) is 12.6 Å². The average molecular weight is 395 g/mol. The molecular weight excluding hydrogens is 372 g/mol. The molecule has 2 N–H and O–H groups in total. The molecule has 148 valence electrons.